The van der Waals surface area contributed by atoms with Gasteiger partial charge >= 0.3 is 5.97 Å². The van der Waals surface area contributed by atoms with Gasteiger partial charge in [0.05, 0.1) is 11.3 Å². The number of ether oxygens (including phenoxy) is 1. The molecule has 0 atom stereocenters. The molecule has 8 heteroatoms. The zero-order valence-electron chi connectivity index (χ0n) is 12.1. The van der Waals surface area contributed by atoms with E-state index >= 15 is 0 Å². The fourth-order valence-corrected chi connectivity index (χ4v) is 3.09. The van der Waals surface area contributed by atoms with E-state index in [1.54, 1.807) is 22.6 Å². The van der Waals surface area contributed by atoms with E-state index in [2.05, 4.69) is 10.3 Å². The summed E-state index contributed by atoms with van der Waals surface area (Å²) < 4.78 is 7.07. The highest BCUT2D eigenvalue weighted by Gasteiger charge is 2.15. The van der Waals surface area contributed by atoms with Crippen LogP contribution in [0.1, 0.15) is 26.4 Å². The van der Waals surface area contributed by atoms with Gasteiger partial charge in [-0.25, -0.2) is 9.78 Å². The fraction of sp³-hybridized carbons (Fsp3) is 0.133. The van der Waals surface area contributed by atoms with Crippen molar-refractivity contribution in [1.29, 1.82) is 0 Å². The molecule has 0 unspecified atom stereocenters. The van der Waals surface area contributed by atoms with E-state index in [0.717, 1.165) is 4.96 Å². The zero-order valence-corrected chi connectivity index (χ0v) is 13.6. The molecular formula is C15H12ClN3O3S. The Morgan fingerprint density at radius 3 is 2.96 bits per heavy atom. The molecule has 3 aromatic rings. The van der Waals surface area contributed by atoms with Crippen molar-refractivity contribution < 1.29 is 14.3 Å². The van der Waals surface area contributed by atoms with Crippen LogP contribution in [0.15, 0.2) is 35.8 Å². The van der Waals surface area contributed by atoms with E-state index in [1.165, 1.54) is 24.5 Å². The van der Waals surface area contributed by atoms with E-state index in [1.807, 2.05) is 11.6 Å². The number of aromatic nitrogens is 2. The molecule has 0 radical (unpaired) electrons. The van der Waals surface area contributed by atoms with Crippen LogP contribution in [0.5, 0.6) is 0 Å². The van der Waals surface area contributed by atoms with Crippen LogP contribution in [0.25, 0.3) is 4.96 Å². The Labute approximate surface area is 140 Å². The van der Waals surface area contributed by atoms with Gasteiger partial charge in [0, 0.05) is 24.2 Å². The summed E-state index contributed by atoms with van der Waals surface area (Å²) in [6.45, 7) is -0.000230. The van der Waals surface area contributed by atoms with Crippen LogP contribution in [0, 0.1) is 0 Å². The lowest BCUT2D eigenvalue weighted by Crippen LogP contribution is -2.18. The zero-order chi connectivity index (χ0) is 16.4. The highest BCUT2D eigenvalue weighted by atomic mass is 35.5. The molecule has 2 heterocycles. The van der Waals surface area contributed by atoms with Crippen molar-refractivity contribution in [2.24, 2.45) is 0 Å². The molecule has 1 N–H and O–H groups in total. The van der Waals surface area contributed by atoms with Crippen LogP contribution in [-0.4, -0.2) is 28.3 Å². The molecule has 1 amide bonds. The third-order valence-electron chi connectivity index (χ3n) is 3.24. The first-order valence-electron chi connectivity index (χ1n) is 6.69. The van der Waals surface area contributed by atoms with E-state index < -0.39 is 5.97 Å². The van der Waals surface area contributed by atoms with Crippen molar-refractivity contribution in [3.8, 4) is 0 Å². The first-order chi connectivity index (χ1) is 11.1. The van der Waals surface area contributed by atoms with E-state index in [0.29, 0.717) is 22.0 Å². The molecule has 1 aromatic carbocycles. The number of carbonyl (C=O) groups excluding carboxylic acids is 2. The molecule has 0 aliphatic heterocycles. The van der Waals surface area contributed by atoms with Crippen molar-refractivity contribution in [2.45, 2.75) is 6.61 Å². The topological polar surface area (TPSA) is 72.7 Å². The maximum atomic E-state index is 12.2. The largest absolute Gasteiger partial charge is 0.456 e. The first-order valence-corrected chi connectivity index (χ1v) is 7.95. The number of imidazole rings is 1. The van der Waals surface area contributed by atoms with E-state index in [4.69, 9.17) is 16.3 Å². The monoisotopic (exact) mass is 349 g/mol. The first kappa shape index (κ1) is 15.5. The molecule has 23 heavy (non-hydrogen) atoms. The van der Waals surface area contributed by atoms with Gasteiger partial charge in [0.2, 0.25) is 0 Å². The van der Waals surface area contributed by atoms with Crippen LogP contribution < -0.4 is 5.32 Å². The minimum atomic E-state index is -0.531. The lowest BCUT2D eigenvalue weighted by atomic mass is 10.1. The van der Waals surface area contributed by atoms with Gasteiger partial charge in [-0.3, -0.25) is 9.20 Å². The Kier molecular flexibility index (Phi) is 4.31. The summed E-state index contributed by atoms with van der Waals surface area (Å²) in [6, 6.07) is 6.33. The van der Waals surface area contributed by atoms with Crippen LogP contribution in [0.3, 0.4) is 0 Å². The van der Waals surface area contributed by atoms with Crippen molar-refractivity contribution in [1.82, 2.24) is 14.7 Å². The number of amides is 1. The molecule has 0 aliphatic rings. The lowest BCUT2D eigenvalue weighted by molar-refractivity contribution is 0.0467. The molecule has 0 saturated carbocycles. The Morgan fingerprint density at radius 2 is 2.17 bits per heavy atom. The fourth-order valence-electron chi connectivity index (χ4n) is 2.08. The Hall–Kier alpha value is -2.38. The highest BCUT2D eigenvalue weighted by molar-refractivity contribution is 7.15. The summed E-state index contributed by atoms with van der Waals surface area (Å²) in [5, 5.41) is 4.69. The molecule has 3 rings (SSSR count). The van der Waals surface area contributed by atoms with Crippen molar-refractivity contribution in [3.05, 3.63) is 57.8 Å². The van der Waals surface area contributed by atoms with Gasteiger partial charge < -0.3 is 10.1 Å². The summed E-state index contributed by atoms with van der Waals surface area (Å²) in [5.41, 5.74) is 1.30. The van der Waals surface area contributed by atoms with Gasteiger partial charge in [0.25, 0.3) is 5.91 Å². The summed E-state index contributed by atoms with van der Waals surface area (Å²) in [5.74, 6) is -0.796. The van der Waals surface area contributed by atoms with Gasteiger partial charge in [-0.05, 0) is 18.2 Å². The quantitative estimate of drug-likeness (QED) is 0.735. The standard InChI is InChI=1S/C15H12ClN3O3S/c1-17-13(20)9-3-2-4-10(7-9)14(21)22-8-11-12(16)18-15-19(11)5-6-23-15/h2-7H,8H2,1H3,(H,17,20). The number of hydrogen-bond donors (Lipinski definition) is 1. The molecule has 0 bridgehead atoms. The third kappa shape index (κ3) is 3.06. The number of halogens is 1. The second kappa shape index (κ2) is 6.39. The summed E-state index contributed by atoms with van der Waals surface area (Å²) >= 11 is 7.50. The molecule has 0 saturated heterocycles. The summed E-state index contributed by atoms with van der Waals surface area (Å²) in [4.78, 5) is 28.7. The van der Waals surface area contributed by atoms with Crippen LogP contribution in [0.2, 0.25) is 5.15 Å². The van der Waals surface area contributed by atoms with Crippen molar-refractivity contribution in [2.75, 3.05) is 7.05 Å². The van der Waals surface area contributed by atoms with E-state index in [9.17, 15) is 9.59 Å². The lowest BCUT2D eigenvalue weighted by Gasteiger charge is -2.06. The van der Waals surface area contributed by atoms with Crippen molar-refractivity contribution >= 4 is 39.8 Å². The molecule has 6 nitrogen and oxygen atoms in total. The SMILES string of the molecule is CNC(=O)c1cccc(C(=O)OCc2c(Cl)nc3sccn23)c1. The summed E-state index contributed by atoms with van der Waals surface area (Å²) in [6.07, 6.45) is 1.81. The van der Waals surface area contributed by atoms with Gasteiger partial charge in [0.1, 0.15) is 6.61 Å². The summed E-state index contributed by atoms with van der Waals surface area (Å²) in [7, 11) is 1.53. The number of carbonyl (C=O) groups is 2. The number of thiazole rings is 1. The van der Waals surface area contributed by atoms with Crippen LogP contribution in [-0.2, 0) is 11.3 Å². The second-order valence-electron chi connectivity index (χ2n) is 4.64. The Morgan fingerprint density at radius 1 is 1.39 bits per heavy atom. The predicted molar refractivity (Wildman–Crippen MR) is 87.0 cm³/mol. The number of rotatable bonds is 4. The highest BCUT2D eigenvalue weighted by Crippen LogP contribution is 2.22. The molecule has 0 aliphatic carbocycles. The predicted octanol–water partition coefficient (Wildman–Crippen LogP) is 2.77. The molecule has 2 aromatic heterocycles. The average Bonchev–Trinajstić information content (AvgIpc) is 3.12. The molecule has 0 fully saturated rings. The molecule has 0 spiro atoms. The Balaban J connectivity index is 1.76. The maximum absolute atomic E-state index is 12.2. The number of esters is 1. The van der Waals surface area contributed by atoms with Gasteiger partial charge in [0.15, 0.2) is 10.1 Å². The number of hydrogen-bond acceptors (Lipinski definition) is 5. The second-order valence-corrected chi connectivity index (χ2v) is 5.87. The minimum absolute atomic E-state index is 0.000230. The minimum Gasteiger partial charge on any atom is -0.456 e. The average molecular weight is 350 g/mol. The normalized spacial score (nSPS) is 10.7. The van der Waals surface area contributed by atoms with E-state index in [-0.39, 0.29) is 12.5 Å². The van der Waals surface area contributed by atoms with Gasteiger partial charge in [-0.15, -0.1) is 11.3 Å². The van der Waals surface area contributed by atoms with Crippen molar-refractivity contribution in [3.63, 3.8) is 0 Å². The van der Waals surface area contributed by atoms with Gasteiger partial charge in [-0.2, -0.15) is 0 Å². The van der Waals surface area contributed by atoms with Crippen LogP contribution in [0.4, 0.5) is 0 Å². The van der Waals surface area contributed by atoms with Gasteiger partial charge in [-0.1, -0.05) is 17.7 Å². The number of nitrogens with zero attached hydrogens (tertiary/aromatic N) is 2. The third-order valence-corrected chi connectivity index (χ3v) is 4.30. The Bertz CT molecular complexity index is 887. The number of fused-ring (bicyclic) bond motifs is 1. The van der Waals surface area contributed by atoms with Crippen LogP contribution >= 0.6 is 22.9 Å². The molecule has 118 valence electrons. The number of benzene rings is 1. The number of nitrogens with one attached hydrogen (secondary N) is 1. The smallest absolute Gasteiger partial charge is 0.338 e. The maximum Gasteiger partial charge on any atom is 0.338 e. The molecular weight excluding hydrogens is 338 g/mol.